The molecule has 0 spiro atoms. The van der Waals surface area contributed by atoms with Crippen LogP contribution in [0.5, 0.6) is 0 Å². The lowest BCUT2D eigenvalue weighted by Crippen LogP contribution is -2.31. The lowest BCUT2D eigenvalue weighted by atomic mass is 10.1. The fraction of sp³-hybridized carbons (Fsp3) is 0.857. The van der Waals surface area contributed by atoms with Crippen molar-refractivity contribution in [3.8, 4) is 0 Å². The second-order valence-corrected chi connectivity index (χ2v) is 2.45. The normalized spacial score (nSPS) is 13.1. The van der Waals surface area contributed by atoms with Gasteiger partial charge in [-0.3, -0.25) is 4.79 Å². The van der Waals surface area contributed by atoms with Gasteiger partial charge in [0.25, 0.3) is 0 Å². The van der Waals surface area contributed by atoms with Gasteiger partial charge < -0.3 is 10.5 Å². The predicted molar refractivity (Wildman–Crippen MR) is 39.8 cm³/mol. The summed E-state index contributed by atoms with van der Waals surface area (Å²) in [6.07, 6.45) is -2.05. The van der Waals surface area contributed by atoms with Crippen molar-refractivity contribution in [3.63, 3.8) is 0 Å². The molecule has 0 bridgehead atoms. The molecule has 0 rings (SSSR count). The maximum atomic E-state index is 11.6. The third kappa shape index (κ3) is 5.01. The number of alkyl halides is 2. The van der Waals surface area contributed by atoms with Gasteiger partial charge in [-0.15, -0.1) is 0 Å². The number of carbonyl (C=O) groups is 1. The van der Waals surface area contributed by atoms with Gasteiger partial charge in [0.05, 0.1) is 7.11 Å². The molecule has 0 aliphatic carbocycles. The predicted octanol–water partition coefficient (Wildman–Crippen LogP) is 0.922. The Balaban J connectivity index is 3.43. The van der Waals surface area contributed by atoms with E-state index in [1.165, 1.54) is 7.11 Å². The highest BCUT2D eigenvalue weighted by atomic mass is 19.3. The molecule has 72 valence electrons. The highest BCUT2D eigenvalue weighted by molar-refractivity contribution is 5.75. The Labute approximate surface area is 69.9 Å². The summed E-state index contributed by atoms with van der Waals surface area (Å²) >= 11 is 0. The Morgan fingerprint density at radius 3 is 2.50 bits per heavy atom. The van der Waals surface area contributed by atoms with Gasteiger partial charge in [-0.2, -0.15) is 0 Å². The molecule has 3 nitrogen and oxygen atoms in total. The summed E-state index contributed by atoms with van der Waals surface area (Å²) in [5, 5.41) is 0. The monoisotopic (exact) mass is 181 g/mol. The first kappa shape index (κ1) is 11.3. The molecular formula is C7H13F2NO2. The van der Waals surface area contributed by atoms with Crippen molar-refractivity contribution in [1.29, 1.82) is 0 Å². The van der Waals surface area contributed by atoms with Gasteiger partial charge >= 0.3 is 5.97 Å². The maximum Gasteiger partial charge on any atom is 0.322 e. The zero-order chi connectivity index (χ0) is 9.56. The molecule has 1 atom stereocenters. The lowest BCUT2D eigenvalue weighted by molar-refractivity contribution is -0.142. The number of hydrogen-bond acceptors (Lipinski definition) is 3. The molecule has 0 saturated carbocycles. The summed E-state index contributed by atoms with van der Waals surface area (Å²) in [6, 6.07) is -0.770. The summed E-state index contributed by atoms with van der Waals surface area (Å²) in [6.45, 7) is 0. The van der Waals surface area contributed by atoms with Gasteiger partial charge in [0, 0.05) is 6.42 Å². The Morgan fingerprint density at radius 2 is 2.08 bits per heavy atom. The van der Waals surface area contributed by atoms with E-state index >= 15 is 0 Å². The molecule has 0 aromatic rings. The van der Waals surface area contributed by atoms with Crippen LogP contribution in [0.4, 0.5) is 8.78 Å². The fourth-order valence-electron chi connectivity index (χ4n) is 0.761. The van der Waals surface area contributed by atoms with Gasteiger partial charge in [-0.1, -0.05) is 0 Å². The van der Waals surface area contributed by atoms with E-state index in [-0.39, 0.29) is 19.3 Å². The fourth-order valence-corrected chi connectivity index (χ4v) is 0.761. The highest BCUT2D eigenvalue weighted by Gasteiger charge is 2.13. The summed E-state index contributed by atoms with van der Waals surface area (Å²) in [5.41, 5.74) is 5.29. The number of rotatable bonds is 5. The van der Waals surface area contributed by atoms with E-state index in [1.807, 2.05) is 0 Å². The molecule has 12 heavy (non-hydrogen) atoms. The molecular weight excluding hydrogens is 168 g/mol. The quantitative estimate of drug-likeness (QED) is 0.642. The van der Waals surface area contributed by atoms with Crippen molar-refractivity contribution in [3.05, 3.63) is 0 Å². The van der Waals surface area contributed by atoms with Crippen LogP contribution in [0.1, 0.15) is 19.3 Å². The molecule has 0 saturated heterocycles. The van der Waals surface area contributed by atoms with Gasteiger partial charge in [-0.05, 0) is 12.8 Å². The molecule has 0 aromatic heterocycles. The number of carbonyl (C=O) groups excluding carboxylic acids is 1. The molecule has 1 unspecified atom stereocenters. The molecule has 0 heterocycles. The Kier molecular flexibility index (Phi) is 5.53. The van der Waals surface area contributed by atoms with Crippen molar-refractivity contribution in [1.82, 2.24) is 0 Å². The van der Waals surface area contributed by atoms with Crippen LogP contribution < -0.4 is 5.73 Å². The Hall–Kier alpha value is -0.710. The zero-order valence-corrected chi connectivity index (χ0v) is 6.93. The SMILES string of the molecule is COC(=O)C(N)CCCC(F)F. The topological polar surface area (TPSA) is 52.3 Å². The smallest absolute Gasteiger partial charge is 0.322 e. The van der Waals surface area contributed by atoms with Crippen LogP contribution in [-0.2, 0) is 9.53 Å². The maximum absolute atomic E-state index is 11.6. The first-order valence-corrected chi connectivity index (χ1v) is 3.69. The second kappa shape index (κ2) is 5.88. The lowest BCUT2D eigenvalue weighted by Gasteiger charge is -2.07. The van der Waals surface area contributed by atoms with Crippen LogP contribution >= 0.6 is 0 Å². The summed E-state index contributed by atoms with van der Waals surface area (Å²) in [7, 11) is 1.22. The average Bonchev–Trinajstić information content (AvgIpc) is 2.02. The van der Waals surface area contributed by atoms with E-state index in [9.17, 15) is 13.6 Å². The molecule has 0 radical (unpaired) electrons. The van der Waals surface area contributed by atoms with Crippen molar-refractivity contribution >= 4 is 5.97 Å². The molecule has 0 aliphatic heterocycles. The number of ether oxygens (including phenoxy) is 1. The molecule has 0 amide bonds. The molecule has 0 aliphatic rings. The molecule has 0 aromatic carbocycles. The Bertz CT molecular complexity index is 141. The van der Waals surface area contributed by atoms with Crippen LogP contribution in [0.3, 0.4) is 0 Å². The minimum atomic E-state index is -2.32. The van der Waals surface area contributed by atoms with E-state index in [0.717, 1.165) is 0 Å². The van der Waals surface area contributed by atoms with Crippen molar-refractivity contribution in [2.75, 3.05) is 7.11 Å². The van der Waals surface area contributed by atoms with E-state index in [0.29, 0.717) is 0 Å². The van der Waals surface area contributed by atoms with Gasteiger partial charge in [0.2, 0.25) is 6.43 Å². The van der Waals surface area contributed by atoms with Crippen LogP contribution in [0.15, 0.2) is 0 Å². The average molecular weight is 181 g/mol. The third-order valence-corrected chi connectivity index (χ3v) is 1.44. The number of methoxy groups -OCH3 is 1. The van der Waals surface area contributed by atoms with Gasteiger partial charge in [0.15, 0.2) is 0 Å². The van der Waals surface area contributed by atoms with Crippen molar-refractivity contribution in [2.24, 2.45) is 5.73 Å². The standard InChI is InChI=1S/C7H13F2NO2/c1-12-7(11)5(10)3-2-4-6(8)9/h5-6H,2-4,10H2,1H3. The second-order valence-electron chi connectivity index (χ2n) is 2.45. The third-order valence-electron chi connectivity index (χ3n) is 1.44. The van der Waals surface area contributed by atoms with Crippen LogP contribution in [0.25, 0.3) is 0 Å². The number of esters is 1. The van der Waals surface area contributed by atoms with Crippen molar-refractivity contribution < 1.29 is 18.3 Å². The zero-order valence-electron chi connectivity index (χ0n) is 6.93. The summed E-state index contributed by atoms with van der Waals surface area (Å²) in [5.74, 6) is -0.552. The molecule has 2 N–H and O–H groups in total. The summed E-state index contributed by atoms with van der Waals surface area (Å²) in [4.78, 5) is 10.7. The minimum absolute atomic E-state index is 0.218. The van der Waals surface area contributed by atoms with Gasteiger partial charge in [-0.25, -0.2) is 8.78 Å². The number of halogens is 2. The van der Waals surface area contributed by atoms with Crippen LogP contribution in [-0.4, -0.2) is 25.5 Å². The first-order valence-electron chi connectivity index (χ1n) is 3.69. The molecule has 0 fully saturated rings. The van der Waals surface area contributed by atoms with E-state index in [1.54, 1.807) is 0 Å². The highest BCUT2D eigenvalue weighted by Crippen LogP contribution is 2.07. The van der Waals surface area contributed by atoms with Crippen molar-refractivity contribution in [2.45, 2.75) is 31.7 Å². The van der Waals surface area contributed by atoms with E-state index in [2.05, 4.69) is 4.74 Å². The van der Waals surface area contributed by atoms with Gasteiger partial charge in [0.1, 0.15) is 6.04 Å². The minimum Gasteiger partial charge on any atom is -0.468 e. The number of hydrogen-bond donors (Lipinski definition) is 1. The van der Waals surface area contributed by atoms with E-state index in [4.69, 9.17) is 5.73 Å². The van der Waals surface area contributed by atoms with Crippen LogP contribution in [0.2, 0.25) is 0 Å². The van der Waals surface area contributed by atoms with E-state index < -0.39 is 18.4 Å². The molecule has 5 heteroatoms. The Morgan fingerprint density at radius 1 is 1.50 bits per heavy atom. The first-order chi connectivity index (χ1) is 5.57. The summed E-state index contributed by atoms with van der Waals surface area (Å²) < 4.78 is 27.5. The number of nitrogens with two attached hydrogens (primary N) is 1. The van der Waals surface area contributed by atoms with Crippen LogP contribution in [0, 0.1) is 0 Å². The largest absolute Gasteiger partial charge is 0.468 e.